The van der Waals surface area contributed by atoms with Crippen LogP contribution in [0.25, 0.3) is 5.70 Å². The summed E-state index contributed by atoms with van der Waals surface area (Å²) < 4.78 is 29.0. The molecule has 2 N–H and O–H groups in total. The van der Waals surface area contributed by atoms with Gasteiger partial charge in [0.25, 0.3) is 0 Å². The lowest BCUT2D eigenvalue weighted by atomic mass is 10.1. The van der Waals surface area contributed by atoms with E-state index in [2.05, 4.69) is 10.6 Å². The molecule has 126 valence electrons. The Balaban J connectivity index is 1.60. The van der Waals surface area contributed by atoms with Crippen molar-refractivity contribution in [2.45, 2.75) is 17.5 Å². The lowest BCUT2D eigenvalue weighted by molar-refractivity contribution is 0.0229. The maximum absolute atomic E-state index is 11.5. The Morgan fingerprint density at radius 1 is 1.30 bits per heavy atom. The second-order valence-corrected chi connectivity index (χ2v) is 9.12. The molecule has 1 aromatic carbocycles. The van der Waals surface area contributed by atoms with Gasteiger partial charge in [-0.05, 0) is 41.5 Å². The van der Waals surface area contributed by atoms with Gasteiger partial charge in [-0.15, -0.1) is 0 Å². The maximum atomic E-state index is 11.5. The van der Waals surface area contributed by atoms with Crippen molar-refractivity contribution in [3.63, 3.8) is 0 Å². The summed E-state index contributed by atoms with van der Waals surface area (Å²) in [4.78, 5) is 0.331. The van der Waals surface area contributed by atoms with Gasteiger partial charge in [0.2, 0.25) is 0 Å². The molecule has 2 atom stereocenters. The normalized spacial score (nSPS) is 24.7. The predicted octanol–water partition coefficient (Wildman–Crippen LogP) is 1.68. The molecule has 23 heavy (non-hydrogen) atoms. The molecule has 2 unspecified atom stereocenters. The molecule has 0 bridgehead atoms. The maximum Gasteiger partial charge on any atom is 0.175 e. The van der Waals surface area contributed by atoms with Gasteiger partial charge in [-0.25, -0.2) is 8.42 Å². The molecule has 1 fully saturated rings. The summed E-state index contributed by atoms with van der Waals surface area (Å²) in [5.74, 6) is 3.09. The molecule has 0 saturated carbocycles. The molecule has 5 nitrogen and oxygen atoms in total. The Labute approximate surface area is 141 Å². The molecule has 0 aromatic heterocycles. The van der Waals surface area contributed by atoms with Gasteiger partial charge in [0, 0.05) is 12.5 Å². The van der Waals surface area contributed by atoms with Gasteiger partial charge in [-0.3, -0.25) is 0 Å². The first kappa shape index (κ1) is 16.7. The van der Waals surface area contributed by atoms with Crippen LogP contribution in [0.4, 0.5) is 0 Å². The Morgan fingerprint density at radius 2 is 2.09 bits per heavy atom. The quantitative estimate of drug-likeness (QED) is 0.839. The van der Waals surface area contributed by atoms with Crippen molar-refractivity contribution in [1.29, 1.82) is 0 Å². The van der Waals surface area contributed by atoms with Crippen molar-refractivity contribution in [3.05, 3.63) is 36.0 Å². The lowest BCUT2D eigenvalue weighted by Gasteiger charge is -2.27. The number of hydrogen-bond donors (Lipinski definition) is 2. The Morgan fingerprint density at radius 3 is 2.74 bits per heavy atom. The van der Waals surface area contributed by atoms with Crippen LogP contribution in [0.5, 0.6) is 0 Å². The van der Waals surface area contributed by atoms with Crippen LogP contribution in [-0.2, 0) is 14.6 Å². The second-order valence-electron chi connectivity index (χ2n) is 5.96. The highest BCUT2D eigenvalue weighted by Crippen LogP contribution is 2.24. The van der Waals surface area contributed by atoms with Crippen molar-refractivity contribution in [2.24, 2.45) is 5.92 Å². The zero-order chi connectivity index (χ0) is 16.3. The van der Waals surface area contributed by atoms with Crippen LogP contribution in [-0.4, -0.2) is 45.6 Å². The van der Waals surface area contributed by atoms with Gasteiger partial charge < -0.3 is 15.4 Å². The lowest BCUT2D eigenvalue weighted by Crippen LogP contribution is -2.43. The number of hydrogen-bond acceptors (Lipinski definition) is 6. The SMILES string of the molecule is CS(=O)(=O)c1ccc(C2=CNCC(OCC3CCSC3)N2)cc1. The summed E-state index contributed by atoms with van der Waals surface area (Å²) in [6.07, 6.45) is 4.30. The van der Waals surface area contributed by atoms with Crippen LogP contribution < -0.4 is 10.6 Å². The minimum Gasteiger partial charge on any atom is -0.385 e. The van der Waals surface area contributed by atoms with Gasteiger partial charge >= 0.3 is 0 Å². The van der Waals surface area contributed by atoms with E-state index >= 15 is 0 Å². The molecule has 1 saturated heterocycles. The van der Waals surface area contributed by atoms with Crippen LogP contribution in [0.3, 0.4) is 0 Å². The minimum atomic E-state index is -3.16. The molecule has 7 heteroatoms. The first-order chi connectivity index (χ1) is 11.0. The summed E-state index contributed by atoms with van der Waals surface area (Å²) in [6, 6.07) is 6.89. The average Bonchev–Trinajstić information content (AvgIpc) is 3.06. The summed E-state index contributed by atoms with van der Waals surface area (Å²) >= 11 is 1.99. The fourth-order valence-electron chi connectivity index (χ4n) is 2.65. The van der Waals surface area contributed by atoms with Crippen molar-refractivity contribution in [3.8, 4) is 0 Å². The van der Waals surface area contributed by atoms with Crippen LogP contribution in [0.1, 0.15) is 12.0 Å². The van der Waals surface area contributed by atoms with E-state index in [9.17, 15) is 8.42 Å². The van der Waals surface area contributed by atoms with E-state index in [0.717, 1.165) is 24.4 Å². The van der Waals surface area contributed by atoms with Gasteiger partial charge in [0.1, 0.15) is 6.23 Å². The molecular weight excluding hydrogens is 332 g/mol. The summed E-state index contributed by atoms with van der Waals surface area (Å²) in [6.45, 7) is 1.51. The van der Waals surface area contributed by atoms with Gasteiger partial charge in [0.05, 0.1) is 23.7 Å². The largest absolute Gasteiger partial charge is 0.385 e. The number of ether oxygens (including phenoxy) is 1. The minimum absolute atomic E-state index is 0.0600. The second kappa shape index (κ2) is 7.15. The summed E-state index contributed by atoms with van der Waals surface area (Å²) in [5, 5.41) is 6.60. The van der Waals surface area contributed by atoms with Crippen molar-refractivity contribution in [2.75, 3.05) is 30.9 Å². The van der Waals surface area contributed by atoms with Crippen LogP contribution in [0, 0.1) is 5.92 Å². The standard InChI is InChI=1S/C16H22N2O3S2/c1-23(19,20)14-4-2-13(3-5-14)15-8-17-9-16(18-15)21-10-12-6-7-22-11-12/h2-5,8,12,16-18H,6-7,9-11H2,1H3. The first-order valence-electron chi connectivity index (χ1n) is 7.72. The third-order valence-electron chi connectivity index (χ3n) is 4.02. The molecule has 0 amide bonds. The highest BCUT2D eigenvalue weighted by atomic mass is 32.2. The molecule has 0 radical (unpaired) electrons. The molecule has 2 aliphatic rings. The molecule has 2 aliphatic heterocycles. The van der Waals surface area contributed by atoms with E-state index in [1.54, 1.807) is 12.1 Å². The number of sulfone groups is 1. The summed E-state index contributed by atoms with van der Waals surface area (Å²) in [5.41, 5.74) is 1.86. The Hall–Kier alpha value is -1.18. The zero-order valence-corrected chi connectivity index (χ0v) is 14.8. The van der Waals surface area contributed by atoms with Crippen molar-refractivity contribution < 1.29 is 13.2 Å². The smallest absolute Gasteiger partial charge is 0.175 e. The van der Waals surface area contributed by atoms with Crippen molar-refractivity contribution in [1.82, 2.24) is 10.6 Å². The zero-order valence-electron chi connectivity index (χ0n) is 13.1. The van der Waals surface area contributed by atoms with E-state index in [0.29, 0.717) is 10.8 Å². The molecule has 1 aromatic rings. The first-order valence-corrected chi connectivity index (χ1v) is 10.8. The van der Waals surface area contributed by atoms with Gasteiger partial charge in [0.15, 0.2) is 9.84 Å². The fourth-order valence-corrected chi connectivity index (χ4v) is 4.54. The Kier molecular flexibility index (Phi) is 5.18. The molecular formula is C16H22N2O3S2. The van der Waals surface area contributed by atoms with Gasteiger partial charge in [-0.1, -0.05) is 12.1 Å². The van der Waals surface area contributed by atoms with Gasteiger partial charge in [-0.2, -0.15) is 11.8 Å². The van der Waals surface area contributed by atoms with E-state index in [1.807, 2.05) is 30.1 Å². The highest BCUT2D eigenvalue weighted by molar-refractivity contribution is 7.99. The highest BCUT2D eigenvalue weighted by Gasteiger charge is 2.20. The van der Waals surface area contributed by atoms with E-state index in [4.69, 9.17) is 4.74 Å². The molecule has 0 aliphatic carbocycles. The average molecular weight is 354 g/mol. The third kappa shape index (κ3) is 4.43. The monoisotopic (exact) mass is 354 g/mol. The summed E-state index contributed by atoms with van der Waals surface area (Å²) in [7, 11) is -3.16. The van der Waals surface area contributed by atoms with E-state index in [-0.39, 0.29) is 6.23 Å². The molecule has 3 rings (SSSR count). The Bertz CT molecular complexity index is 665. The number of thioether (sulfide) groups is 1. The van der Waals surface area contributed by atoms with Crippen LogP contribution >= 0.6 is 11.8 Å². The third-order valence-corrected chi connectivity index (χ3v) is 6.38. The van der Waals surface area contributed by atoms with Crippen LogP contribution in [0.2, 0.25) is 0 Å². The number of nitrogens with one attached hydrogen (secondary N) is 2. The fraction of sp³-hybridized carbons (Fsp3) is 0.500. The molecule has 0 spiro atoms. The predicted molar refractivity (Wildman–Crippen MR) is 93.8 cm³/mol. The van der Waals surface area contributed by atoms with E-state index in [1.165, 1.54) is 24.2 Å². The van der Waals surface area contributed by atoms with Crippen molar-refractivity contribution >= 4 is 27.3 Å². The topological polar surface area (TPSA) is 67.4 Å². The number of rotatable bonds is 5. The van der Waals surface area contributed by atoms with E-state index < -0.39 is 9.84 Å². The molecule has 2 heterocycles. The van der Waals surface area contributed by atoms with Crippen LogP contribution in [0.15, 0.2) is 35.4 Å². The number of benzene rings is 1.